The van der Waals surface area contributed by atoms with E-state index in [-0.39, 0.29) is 28.4 Å². The van der Waals surface area contributed by atoms with Crippen LogP contribution in [0.15, 0.2) is 71.6 Å². The van der Waals surface area contributed by atoms with Crippen molar-refractivity contribution in [3.63, 3.8) is 0 Å². The number of hydrogen-bond acceptors (Lipinski definition) is 8. The Kier molecular flexibility index (Phi) is 7.69. The standard InChI is InChI=1S/C28H28FN7O3S/c1-18-16-26(31-19(2)30-18)35-40(38,39)24-11-9-23(10-12-24)32-28(37)21-4-3-15-36(17-21)27-14-13-25(33-34-27)20-5-7-22(29)8-6-20/h5-14,16,21H,3-4,15,17H2,1-2H3,(H,32,37)(H,30,31,35). The van der Waals surface area contributed by atoms with Crippen molar-refractivity contribution >= 4 is 33.3 Å². The first-order valence-corrected chi connectivity index (χ1v) is 14.3. The van der Waals surface area contributed by atoms with Crippen LogP contribution in [0.2, 0.25) is 0 Å². The quantitative estimate of drug-likeness (QED) is 0.341. The molecule has 2 N–H and O–H groups in total. The first-order valence-electron chi connectivity index (χ1n) is 12.8. The van der Waals surface area contributed by atoms with Crippen molar-refractivity contribution < 1.29 is 17.6 Å². The van der Waals surface area contributed by atoms with Gasteiger partial charge in [0.2, 0.25) is 5.91 Å². The Balaban J connectivity index is 1.20. The summed E-state index contributed by atoms with van der Waals surface area (Å²) in [4.78, 5) is 23.4. The molecule has 0 saturated carbocycles. The molecule has 2 aromatic carbocycles. The van der Waals surface area contributed by atoms with Crippen molar-refractivity contribution in [2.45, 2.75) is 31.6 Å². The Morgan fingerprint density at radius 3 is 2.40 bits per heavy atom. The van der Waals surface area contributed by atoms with E-state index in [9.17, 15) is 17.6 Å². The van der Waals surface area contributed by atoms with E-state index >= 15 is 0 Å². The van der Waals surface area contributed by atoms with Crippen LogP contribution < -0.4 is 14.9 Å². The molecule has 1 fully saturated rings. The largest absolute Gasteiger partial charge is 0.354 e. The molecule has 0 bridgehead atoms. The maximum Gasteiger partial charge on any atom is 0.263 e. The van der Waals surface area contributed by atoms with Crippen molar-refractivity contribution in [1.82, 2.24) is 20.2 Å². The lowest BCUT2D eigenvalue weighted by atomic mass is 9.97. The van der Waals surface area contributed by atoms with Crippen LogP contribution in [0.25, 0.3) is 11.3 Å². The first kappa shape index (κ1) is 27.1. The van der Waals surface area contributed by atoms with Crippen molar-refractivity contribution in [3.05, 3.63) is 84.1 Å². The Labute approximate surface area is 231 Å². The summed E-state index contributed by atoms with van der Waals surface area (Å²) in [5.74, 6) is 0.583. The molecular formula is C28H28FN7O3S. The van der Waals surface area contributed by atoms with E-state index in [2.05, 4.69) is 30.2 Å². The number of sulfonamides is 1. The van der Waals surface area contributed by atoms with E-state index in [0.717, 1.165) is 24.9 Å². The van der Waals surface area contributed by atoms with Gasteiger partial charge in [-0.1, -0.05) is 0 Å². The molecule has 40 heavy (non-hydrogen) atoms. The van der Waals surface area contributed by atoms with Crippen LogP contribution in [0.4, 0.5) is 21.7 Å². The molecule has 206 valence electrons. The minimum Gasteiger partial charge on any atom is -0.354 e. The predicted molar refractivity (Wildman–Crippen MR) is 150 cm³/mol. The minimum atomic E-state index is -3.86. The number of aryl methyl sites for hydroxylation is 2. The van der Waals surface area contributed by atoms with Crippen molar-refractivity contribution in [1.29, 1.82) is 0 Å². The van der Waals surface area contributed by atoms with Gasteiger partial charge in [-0.05, 0) is 87.4 Å². The summed E-state index contributed by atoms with van der Waals surface area (Å²) in [6.45, 7) is 4.67. The fourth-order valence-electron chi connectivity index (χ4n) is 4.60. The van der Waals surface area contributed by atoms with Gasteiger partial charge in [0.15, 0.2) is 5.82 Å². The van der Waals surface area contributed by atoms with E-state index in [1.54, 1.807) is 44.2 Å². The Hall–Kier alpha value is -4.45. The first-order chi connectivity index (χ1) is 19.2. The zero-order valence-corrected chi connectivity index (χ0v) is 22.8. The highest BCUT2D eigenvalue weighted by Crippen LogP contribution is 2.25. The average molecular weight is 562 g/mol. The highest BCUT2D eigenvalue weighted by Gasteiger charge is 2.27. The van der Waals surface area contributed by atoms with Crippen LogP contribution in [-0.4, -0.2) is 47.6 Å². The summed E-state index contributed by atoms with van der Waals surface area (Å²) >= 11 is 0. The van der Waals surface area contributed by atoms with Gasteiger partial charge in [-0.2, -0.15) is 0 Å². The third-order valence-electron chi connectivity index (χ3n) is 6.54. The van der Waals surface area contributed by atoms with Crippen LogP contribution in [0, 0.1) is 25.6 Å². The molecule has 1 aliphatic rings. The average Bonchev–Trinajstić information content (AvgIpc) is 2.93. The minimum absolute atomic E-state index is 0.0471. The second kappa shape index (κ2) is 11.3. The number of anilines is 3. The summed E-state index contributed by atoms with van der Waals surface area (Å²) in [7, 11) is -3.86. The highest BCUT2D eigenvalue weighted by atomic mass is 32.2. The van der Waals surface area contributed by atoms with Crippen LogP contribution in [0.5, 0.6) is 0 Å². The van der Waals surface area contributed by atoms with E-state index in [1.807, 2.05) is 17.0 Å². The fourth-order valence-corrected chi connectivity index (χ4v) is 5.59. The Bertz CT molecular complexity index is 1590. The number of carbonyl (C=O) groups is 1. The summed E-state index contributed by atoms with van der Waals surface area (Å²) in [5, 5.41) is 11.5. The Morgan fingerprint density at radius 2 is 1.73 bits per heavy atom. The normalized spacial score (nSPS) is 15.5. The van der Waals surface area contributed by atoms with Crippen LogP contribution >= 0.6 is 0 Å². The molecule has 1 saturated heterocycles. The molecule has 1 unspecified atom stereocenters. The summed E-state index contributed by atoms with van der Waals surface area (Å²) in [5.41, 5.74) is 2.56. The lowest BCUT2D eigenvalue weighted by Gasteiger charge is -2.32. The zero-order chi connectivity index (χ0) is 28.3. The molecule has 10 nitrogen and oxygen atoms in total. The molecule has 5 rings (SSSR count). The molecule has 1 atom stereocenters. The van der Waals surface area contributed by atoms with Crippen LogP contribution in [-0.2, 0) is 14.8 Å². The molecular weight excluding hydrogens is 533 g/mol. The van der Waals surface area contributed by atoms with E-state index in [0.29, 0.717) is 35.3 Å². The smallest absolute Gasteiger partial charge is 0.263 e. The molecule has 1 aliphatic heterocycles. The van der Waals surface area contributed by atoms with E-state index in [1.165, 1.54) is 24.3 Å². The van der Waals surface area contributed by atoms with Gasteiger partial charge in [-0.15, -0.1) is 10.2 Å². The summed E-state index contributed by atoms with van der Waals surface area (Å²) in [6.07, 6.45) is 1.53. The molecule has 12 heteroatoms. The van der Waals surface area contributed by atoms with E-state index < -0.39 is 10.0 Å². The molecule has 3 heterocycles. The zero-order valence-electron chi connectivity index (χ0n) is 22.0. The number of amides is 1. The third-order valence-corrected chi connectivity index (χ3v) is 7.91. The molecule has 0 spiro atoms. The molecule has 2 aromatic heterocycles. The van der Waals surface area contributed by atoms with Gasteiger partial charge >= 0.3 is 0 Å². The van der Waals surface area contributed by atoms with Gasteiger partial charge in [-0.3, -0.25) is 9.52 Å². The lowest BCUT2D eigenvalue weighted by Crippen LogP contribution is -2.41. The van der Waals surface area contributed by atoms with Gasteiger partial charge in [0.25, 0.3) is 10.0 Å². The number of piperidine rings is 1. The van der Waals surface area contributed by atoms with Crippen molar-refractivity contribution in [3.8, 4) is 11.3 Å². The number of nitrogens with zero attached hydrogens (tertiary/aromatic N) is 5. The number of rotatable bonds is 7. The number of hydrogen-bond donors (Lipinski definition) is 2. The maximum absolute atomic E-state index is 13.2. The van der Waals surface area contributed by atoms with Crippen LogP contribution in [0.1, 0.15) is 24.4 Å². The fraction of sp³-hybridized carbons (Fsp3) is 0.250. The monoisotopic (exact) mass is 561 g/mol. The topological polar surface area (TPSA) is 130 Å². The molecule has 0 radical (unpaired) electrons. The van der Waals surface area contributed by atoms with E-state index in [4.69, 9.17) is 0 Å². The third kappa shape index (κ3) is 6.40. The second-order valence-corrected chi connectivity index (χ2v) is 11.3. The molecule has 4 aromatic rings. The van der Waals surface area contributed by atoms with Gasteiger partial charge in [0, 0.05) is 36.1 Å². The molecule has 0 aliphatic carbocycles. The van der Waals surface area contributed by atoms with Gasteiger partial charge in [-0.25, -0.2) is 22.8 Å². The SMILES string of the molecule is Cc1cc(NS(=O)(=O)c2ccc(NC(=O)C3CCCN(c4ccc(-c5ccc(F)cc5)nn4)C3)cc2)nc(C)n1. The Morgan fingerprint density at radius 1 is 0.975 bits per heavy atom. The number of halogens is 1. The van der Waals surface area contributed by atoms with Gasteiger partial charge < -0.3 is 10.2 Å². The number of benzene rings is 2. The highest BCUT2D eigenvalue weighted by molar-refractivity contribution is 7.92. The second-order valence-electron chi connectivity index (χ2n) is 9.63. The molecule has 1 amide bonds. The summed E-state index contributed by atoms with van der Waals surface area (Å²) < 4.78 is 41.3. The maximum atomic E-state index is 13.2. The predicted octanol–water partition coefficient (Wildman–Crippen LogP) is 4.35. The lowest BCUT2D eigenvalue weighted by molar-refractivity contribution is -0.120. The summed E-state index contributed by atoms with van der Waals surface area (Å²) in [6, 6.07) is 17.3. The number of carbonyl (C=O) groups excluding carboxylic acids is 1. The number of nitrogens with one attached hydrogen (secondary N) is 2. The van der Waals surface area contributed by atoms with Gasteiger partial charge in [0.05, 0.1) is 16.5 Å². The van der Waals surface area contributed by atoms with Gasteiger partial charge in [0.1, 0.15) is 17.5 Å². The number of aromatic nitrogens is 4. The van der Waals surface area contributed by atoms with Crippen molar-refractivity contribution in [2.24, 2.45) is 5.92 Å². The van der Waals surface area contributed by atoms with Crippen LogP contribution in [0.3, 0.4) is 0 Å². The van der Waals surface area contributed by atoms with Crippen molar-refractivity contribution in [2.75, 3.05) is 28.0 Å².